The molecule has 6 nitrogen and oxygen atoms in total. The van der Waals surface area contributed by atoms with Gasteiger partial charge in [-0.25, -0.2) is 0 Å². The van der Waals surface area contributed by atoms with Gasteiger partial charge in [0.05, 0.1) is 24.9 Å². The van der Waals surface area contributed by atoms with Crippen LogP contribution in [0.4, 0.5) is 0 Å². The Labute approximate surface area is 135 Å². The lowest BCUT2D eigenvalue weighted by Crippen LogP contribution is -2.40. The quantitative estimate of drug-likeness (QED) is 0.925. The standard InChI is InChI=1S/C17H22N4O2/c1-11-8-14(23-3)6-4-12(11)9-17(22)18-13-5-7-15-16(10-13)21(2)20-19-15/h4,6,8,13H,5,7,9-10H2,1-3H3,(H,18,22). The SMILES string of the molecule is COc1ccc(CC(=O)NC2CCc3nnn(C)c3C2)c(C)c1. The van der Waals surface area contributed by atoms with Crippen LogP contribution in [0, 0.1) is 6.92 Å². The van der Waals surface area contributed by atoms with Gasteiger partial charge in [0.1, 0.15) is 5.75 Å². The second kappa shape index (κ2) is 6.40. The second-order valence-corrected chi connectivity index (χ2v) is 6.08. The summed E-state index contributed by atoms with van der Waals surface area (Å²) in [5.41, 5.74) is 4.29. The number of benzene rings is 1. The number of carbonyl (C=O) groups is 1. The van der Waals surface area contributed by atoms with Crippen molar-refractivity contribution in [3.05, 3.63) is 40.7 Å². The van der Waals surface area contributed by atoms with Gasteiger partial charge in [0.25, 0.3) is 0 Å². The first-order chi connectivity index (χ1) is 11.1. The number of methoxy groups -OCH3 is 1. The molecule has 3 rings (SSSR count). The van der Waals surface area contributed by atoms with Crippen molar-refractivity contribution in [2.24, 2.45) is 7.05 Å². The molecular weight excluding hydrogens is 292 g/mol. The zero-order valence-electron chi connectivity index (χ0n) is 13.8. The highest BCUT2D eigenvalue weighted by Crippen LogP contribution is 2.20. The first kappa shape index (κ1) is 15.5. The third-order valence-electron chi connectivity index (χ3n) is 4.46. The molecule has 2 aromatic rings. The van der Waals surface area contributed by atoms with Crippen LogP contribution >= 0.6 is 0 Å². The van der Waals surface area contributed by atoms with Gasteiger partial charge < -0.3 is 10.1 Å². The molecule has 1 heterocycles. The first-order valence-corrected chi connectivity index (χ1v) is 7.87. The maximum Gasteiger partial charge on any atom is 0.224 e. The zero-order chi connectivity index (χ0) is 16.4. The molecule has 0 fully saturated rings. The number of nitrogens with zero attached hydrogens (tertiary/aromatic N) is 3. The summed E-state index contributed by atoms with van der Waals surface area (Å²) < 4.78 is 7.01. The molecule has 1 aliphatic carbocycles. The topological polar surface area (TPSA) is 69.0 Å². The molecule has 0 aliphatic heterocycles. The van der Waals surface area contributed by atoms with Crippen LogP contribution < -0.4 is 10.1 Å². The average molecular weight is 314 g/mol. The number of aromatic nitrogens is 3. The van der Waals surface area contributed by atoms with E-state index in [0.717, 1.165) is 47.5 Å². The lowest BCUT2D eigenvalue weighted by atomic mass is 9.95. The molecule has 122 valence electrons. The first-order valence-electron chi connectivity index (χ1n) is 7.87. The Balaban J connectivity index is 1.61. The summed E-state index contributed by atoms with van der Waals surface area (Å²) in [6.45, 7) is 2.00. The van der Waals surface area contributed by atoms with Crippen LogP contribution in [0.1, 0.15) is 28.9 Å². The predicted octanol–water partition coefficient (Wildman–Crippen LogP) is 1.35. The molecule has 6 heteroatoms. The van der Waals surface area contributed by atoms with Gasteiger partial charge in [-0.15, -0.1) is 5.10 Å². The van der Waals surface area contributed by atoms with Crippen molar-refractivity contribution >= 4 is 5.91 Å². The van der Waals surface area contributed by atoms with Crippen molar-refractivity contribution in [2.75, 3.05) is 7.11 Å². The van der Waals surface area contributed by atoms with E-state index in [0.29, 0.717) is 6.42 Å². The van der Waals surface area contributed by atoms with Crippen molar-refractivity contribution in [2.45, 2.75) is 38.6 Å². The van der Waals surface area contributed by atoms with Gasteiger partial charge in [-0.3, -0.25) is 9.48 Å². The summed E-state index contributed by atoms with van der Waals surface area (Å²) in [6, 6.07) is 5.96. The van der Waals surface area contributed by atoms with Crippen molar-refractivity contribution in [1.82, 2.24) is 20.3 Å². The van der Waals surface area contributed by atoms with Gasteiger partial charge in [-0.2, -0.15) is 0 Å². The van der Waals surface area contributed by atoms with E-state index in [2.05, 4.69) is 15.6 Å². The van der Waals surface area contributed by atoms with E-state index < -0.39 is 0 Å². The molecular formula is C17H22N4O2. The third kappa shape index (κ3) is 3.36. The van der Waals surface area contributed by atoms with Crippen LogP contribution in [-0.2, 0) is 31.1 Å². The van der Waals surface area contributed by atoms with Crippen LogP contribution in [0.3, 0.4) is 0 Å². The summed E-state index contributed by atoms with van der Waals surface area (Å²) in [6.07, 6.45) is 2.98. The molecule has 0 spiro atoms. The predicted molar refractivity (Wildman–Crippen MR) is 86.4 cm³/mol. The fourth-order valence-corrected chi connectivity index (χ4v) is 3.08. The largest absolute Gasteiger partial charge is 0.497 e. The minimum atomic E-state index is 0.0573. The number of amides is 1. The van der Waals surface area contributed by atoms with E-state index in [1.54, 1.807) is 11.8 Å². The molecule has 1 aromatic carbocycles. The van der Waals surface area contributed by atoms with E-state index in [4.69, 9.17) is 4.74 Å². The number of fused-ring (bicyclic) bond motifs is 1. The Kier molecular flexibility index (Phi) is 4.32. The van der Waals surface area contributed by atoms with E-state index >= 15 is 0 Å². The molecule has 1 amide bonds. The Hall–Kier alpha value is -2.37. The Bertz CT molecular complexity index is 723. The summed E-state index contributed by atoms with van der Waals surface area (Å²) in [5, 5.41) is 11.3. The highest BCUT2D eigenvalue weighted by atomic mass is 16.5. The summed E-state index contributed by atoms with van der Waals surface area (Å²) >= 11 is 0. The Morgan fingerprint density at radius 1 is 1.48 bits per heavy atom. The molecule has 0 radical (unpaired) electrons. The van der Waals surface area contributed by atoms with Crippen LogP contribution in [0.15, 0.2) is 18.2 Å². The van der Waals surface area contributed by atoms with E-state index in [1.165, 1.54) is 0 Å². The Morgan fingerprint density at radius 2 is 2.30 bits per heavy atom. The van der Waals surface area contributed by atoms with Gasteiger partial charge in [0.2, 0.25) is 5.91 Å². The van der Waals surface area contributed by atoms with Crippen molar-refractivity contribution in [1.29, 1.82) is 0 Å². The number of hydrogen-bond donors (Lipinski definition) is 1. The number of hydrogen-bond acceptors (Lipinski definition) is 4. The summed E-state index contributed by atoms with van der Waals surface area (Å²) in [5.74, 6) is 0.872. The summed E-state index contributed by atoms with van der Waals surface area (Å²) in [4.78, 5) is 12.3. The lowest BCUT2D eigenvalue weighted by Gasteiger charge is -2.23. The van der Waals surface area contributed by atoms with Crippen molar-refractivity contribution in [3.63, 3.8) is 0 Å². The van der Waals surface area contributed by atoms with Crippen LogP contribution in [0.25, 0.3) is 0 Å². The van der Waals surface area contributed by atoms with Gasteiger partial charge in [-0.05, 0) is 43.0 Å². The molecule has 1 N–H and O–H groups in total. The molecule has 0 bridgehead atoms. The van der Waals surface area contributed by atoms with Gasteiger partial charge in [0, 0.05) is 19.5 Å². The molecule has 1 atom stereocenters. The summed E-state index contributed by atoms with van der Waals surface area (Å²) in [7, 11) is 3.54. The maximum atomic E-state index is 12.3. The van der Waals surface area contributed by atoms with Crippen LogP contribution in [-0.4, -0.2) is 34.1 Å². The normalized spacial score (nSPS) is 16.7. The van der Waals surface area contributed by atoms with E-state index in [1.807, 2.05) is 32.2 Å². The van der Waals surface area contributed by atoms with Crippen molar-refractivity contribution in [3.8, 4) is 5.75 Å². The highest BCUT2D eigenvalue weighted by Gasteiger charge is 2.24. The van der Waals surface area contributed by atoms with E-state index in [9.17, 15) is 4.79 Å². The fraction of sp³-hybridized carbons (Fsp3) is 0.471. The highest BCUT2D eigenvalue weighted by molar-refractivity contribution is 5.79. The number of nitrogens with one attached hydrogen (secondary N) is 1. The molecule has 23 heavy (non-hydrogen) atoms. The van der Waals surface area contributed by atoms with Crippen LogP contribution in [0.5, 0.6) is 5.75 Å². The lowest BCUT2D eigenvalue weighted by molar-refractivity contribution is -0.121. The molecule has 1 aliphatic rings. The minimum Gasteiger partial charge on any atom is -0.497 e. The molecule has 0 saturated carbocycles. The smallest absolute Gasteiger partial charge is 0.224 e. The van der Waals surface area contributed by atoms with E-state index in [-0.39, 0.29) is 11.9 Å². The zero-order valence-corrected chi connectivity index (χ0v) is 13.8. The molecule has 0 saturated heterocycles. The monoisotopic (exact) mass is 314 g/mol. The van der Waals surface area contributed by atoms with Gasteiger partial charge in [0.15, 0.2) is 0 Å². The number of carbonyl (C=O) groups excluding carboxylic acids is 1. The van der Waals surface area contributed by atoms with Gasteiger partial charge >= 0.3 is 0 Å². The van der Waals surface area contributed by atoms with Crippen LogP contribution in [0.2, 0.25) is 0 Å². The van der Waals surface area contributed by atoms with Crippen molar-refractivity contribution < 1.29 is 9.53 Å². The number of ether oxygens (including phenoxy) is 1. The second-order valence-electron chi connectivity index (χ2n) is 6.08. The van der Waals surface area contributed by atoms with Gasteiger partial charge in [-0.1, -0.05) is 11.3 Å². The Morgan fingerprint density at radius 3 is 3.04 bits per heavy atom. The average Bonchev–Trinajstić information content (AvgIpc) is 2.90. The number of rotatable bonds is 4. The maximum absolute atomic E-state index is 12.3. The molecule has 1 unspecified atom stereocenters. The third-order valence-corrected chi connectivity index (χ3v) is 4.46. The minimum absolute atomic E-state index is 0.0573. The number of aryl methyl sites for hydroxylation is 3. The molecule has 1 aromatic heterocycles. The fourth-order valence-electron chi connectivity index (χ4n) is 3.08.